The van der Waals surface area contributed by atoms with Crippen LogP contribution in [0.4, 0.5) is 0 Å². The van der Waals surface area contributed by atoms with Crippen LogP contribution in [0.15, 0.2) is 243 Å². The molecular formula is C105H150N6O30Pt4-4. The van der Waals surface area contributed by atoms with E-state index in [0.717, 1.165) is 103 Å². The van der Waals surface area contributed by atoms with Crippen LogP contribution in [0.3, 0.4) is 0 Å². The second-order valence-electron chi connectivity index (χ2n) is 30.7. The summed E-state index contributed by atoms with van der Waals surface area (Å²) in [5.74, 6) is -10.1. The van der Waals surface area contributed by atoms with Gasteiger partial charge in [-0.25, -0.2) is 9.59 Å². The molecule has 2 saturated heterocycles. The van der Waals surface area contributed by atoms with Crippen LogP contribution in [0.25, 0.3) is 35.2 Å². The molecule has 10 rings (SSSR count). The average molecular weight is 2760 g/mol. The van der Waals surface area contributed by atoms with E-state index in [1.807, 2.05) is 270 Å². The van der Waals surface area contributed by atoms with Crippen LogP contribution in [0, 0.1) is 26.7 Å². The maximum atomic E-state index is 10.2. The predicted octanol–water partition coefficient (Wildman–Crippen LogP) is 20.5. The zero-order chi connectivity index (χ0) is 103. The maximum Gasteiger partial charge on any atom is 2.00 e. The molecule has 36 nitrogen and oxygen atoms in total. The molecule has 2 heterocycles. The Morgan fingerprint density at radius 2 is 0.345 bits per heavy atom. The van der Waals surface area contributed by atoms with E-state index in [1.165, 1.54) is 44.5 Å². The summed E-state index contributed by atoms with van der Waals surface area (Å²) >= 11 is 0. The number of carbonyl (C=O) groups is 12. The molecule has 8 aromatic rings. The molecule has 4 unspecified atom stereocenters. The summed E-state index contributed by atoms with van der Waals surface area (Å²) in [5.41, 5.74) is 38.4. The Balaban J connectivity index is -0.000000149. The first-order valence-electron chi connectivity index (χ1n) is 44.7. The Morgan fingerprint density at radius 3 is 0.414 bits per heavy atom. The summed E-state index contributed by atoms with van der Waals surface area (Å²) in [5, 5.41) is 113. The second kappa shape index (κ2) is 106. The summed E-state index contributed by atoms with van der Waals surface area (Å²) in [6.45, 7) is 7.24. The van der Waals surface area contributed by atoms with Crippen molar-refractivity contribution in [1.82, 2.24) is 0 Å². The van der Waals surface area contributed by atoms with E-state index in [-0.39, 0.29) is 226 Å². The van der Waals surface area contributed by atoms with Gasteiger partial charge in [-0.05, 0) is 147 Å². The van der Waals surface area contributed by atoms with Gasteiger partial charge in [0.2, 0.25) is 0 Å². The molecule has 40 heteroatoms. The third kappa shape index (κ3) is 103. The fourth-order valence-electron chi connectivity index (χ4n) is 11.3. The molecule has 824 valence electrons. The first-order valence-corrected chi connectivity index (χ1v) is 44.7. The van der Waals surface area contributed by atoms with Gasteiger partial charge < -0.3 is 141 Å². The van der Waals surface area contributed by atoms with Crippen LogP contribution in [0.2, 0.25) is 0 Å². The minimum atomic E-state index is -1.31. The quantitative estimate of drug-likeness (QED) is 0.0125. The zero-order valence-electron chi connectivity index (χ0n) is 82.8. The Morgan fingerprint density at radius 1 is 0.234 bits per heavy atom. The van der Waals surface area contributed by atoms with Crippen LogP contribution < -0.4 is 0 Å². The van der Waals surface area contributed by atoms with Crippen molar-refractivity contribution in [1.29, 1.82) is 0 Å². The number of aliphatic hydroxyl groups excluding tert-OH is 2. The van der Waals surface area contributed by atoms with Gasteiger partial charge in [0, 0.05) is 105 Å². The van der Waals surface area contributed by atoms with Gasteiger partial charge >= 0.3 is 114 Å². The molecule has 145 heavy (non-hydrogen) atoms. The van der Waals surface area contributed by atoms with E-state index in [4.69, 9.17) is 123 Å². The summed E-state index contributed by atoms with van der Waals surface area (Å²) in [4.78, 5) is 119. The van der Waals surface area contributed by atoms with E-state index < -0.39 is 91.3 Å². The largest absolute Gasteiger partial charge is 2.00 e. The molecule has 0 aromatic heterocycles. The number of aryl methyl sites for hydroxylation is 8. The van der Waals surface area contributed by atoms with Gasteiger partial charge in [0.05, 0.1) is 24.4 Å². The summed E-state index contributed by atoms with van der Waals surface area (Å²) < 4.78 is 21.8. The number of hydrogen-bond acceptors (Lipinski definition) is 18. The van der Waals surface area contributed by atoms with Crippen LogP contribution in [-0.2, 0) is 212 Å². The fraction of sp³-hybridized carbons (Fsp3) is 0.410. The zero-order valence-corrected chi connectivity index (χ0v) is 91.9. The predicted molar refractivity (Wildman–Crippen MR) is 542 cm³/mol. The van der Waals surface area contributed by atoms with Gasteiger partial charge in [-0.3, -0.25) is 47.9 Å². The van der Waals surface area contributed by atoms with Crippen molar-refractivity contribution in [3.05, 3.63) is 337 Å². The minimum Gasteiger partial charge on any atom is -0.693 e. The third-order valence-corrected chi connectivity index (χ3v) is 18.1. The van der Waals surface area contributed by atoms with Gasteiger partial charge in [-0.1, -0.05) is 270 Å². The van der Waals surface area contributed by atoms with E-state index in [2.05, 4.69) is 0 Å². The molecule has 22 N–H and O–H groups in total. The number of rotatable bonds is 42. The molecule has 0 amide bonds. The summed E-state index contributed by atoms with van der Waals surface area (Å²) in [6, 6.07) is 79.4. The summed E-state index contributed by atoms with van der Waals surface area (Å²) in [7, 11) is 0. The first-order chi connectivity index (χ1) is 65.3. The Labute approximate surface area is 910 Å². The first kappa shape index (κ1) is 157. The molecule has 4 atom stereocenters. The molecule has 2 aliphatic rings. The Bertz CT molecular complexity index is 3710. The maximum absolute atomic E-state index is 10.2. The van der Waals surface area contributed by atoms with Gasteiger partial charge in [-0.2, -0.15) is 0 Å². The standard InChI is InChI=1S/8C10H12O2.2C8H16N2O2.C3H4O4.2C2H4O3.2CH3.2H2N.4Pt/c8*11-10(12)8-4-7-9-5-2-1-3-6-9;2*1-5(2)8-11-6(3-9)7(4-10)12-8;4-2(5)1-3(6)7;2*3-1-2(4)5;;;;;;;;/h8*1-3,5-6H,4,7-8H2,(H,11,12);2*5-10H,3-4H2,1-2H3;1H2,(H,4,5)(H,6,7);2*3H,1H2,(H,4,5);2*1H3;2*1H2;;;;/q;;;;;;;;2*-2;;;;4*-1;;;2*+2. The van der Waals surface area contributed by atoms with Gasteiger partial charge in [0.1, 0.15) is 19.6 Å². The number of aliphatic hydroxyl groups is 2. The number of aliphatic carboxylic acids is 12. The third-order valence-electron chi connectivity index (χ3n) is 18.1. The monoisotopic (exact) mass is 2750 g/mol. The average Bonchev–Trinajstić information content (AvgIpc) is 1.72. The van der Waals surface area contributed by atoms with Crippen LogP contribution in [0.1, 0.15) is 181 Å². The molecule has 0 spiro atoms. The van der Waals surface area contributed by atoms with E-state index in [1.54, 1.807) is 0 Å². The molecule has 0 aliphatic carbocycles. The van der Waals surface area contributed by atoms with Gasteiger partial charge in [-0.15, -0.1) is 26.2 Å². The molecule has 0 bridgehead atoms. The van der Waals surface area contributed by atoms with Crippen molar-refractivity contribution in [2.45, 2.75) is 225 Å². The van der Waals surface area contributed by atoms with Crippen LogP contribution in [-0.4, -0.2) is 220 Å². The number of carboxylic acids is 12. The SMILES string of the molecule is CC(C)C1OC(C[NH-])C(C[NH-])O1.CC(C)C1OC(C[NH-])C(C[NH-])O1.O=C(O)CC(=O)O.O=C(O)CCCc1ccccc1.O=C(O)CCCc1ccccc1.O=C(O)CCCc1ccccc1.O=C(O)CCCc1ccccc1.O=C(O)CCCc1ccccc1.O=C(O)CCCc1ccccc1.O=C(O)CCCc1ccccc1.O=C(O)CCCc1ccccc1.O=C(O)CO.O=C(O)CO.[CH3-].[CH3-].[NH2-].[NH2-].[Pt+2].[Pt+2].[Pt].[Pt]. The van der Waals surface area contributed by atoms with Crippen molar-refractivity contribution in [3.8, 4) is 0 Å². The van der Waals surface area contributed by atoms with Gasteiger partial charge in [0.15, 0.2) is 12.6 Å². The van der Waals surface area contributed by atoms with E-state index in [9.17, 15) is 47.9 Å². The molecular weight excluding hydrogens is 2610 g/mol. The smallest absolute Gasteiger partial charge is 0.693 e. The molecule has 0 saturated carbocycles. The van der Waals surface area contributed by atoms with Crippen molar-refractivity contribution >= 4 is 71.6 Å². The fourth-order valence-corrected chi connectivity index (χ4v) is 11.3. The van der Waals surface area contributed by atoms with Crippen molar-refractivity contribution in [2.24, 2.45) is 11.8 Å². The van der Waals surface area contributed by atoms with E-state index in [0.29, 0.717) is 11.8 Å². The van der Waals surface area contributed by atoms with E-state index >= 15 is 0 Å². The molecule has 2 aliphatic heterocycles. The van der Waals surface area contributed by atoms with Gasteiger partial charge in [0.25, 0.3) is 0 Å². The molecule has 0 radical (unpaired) electrons. The van der Waals surface area contributed by atoms with Crippen molar-refractivity contribution < 1.29 is 232 Å². The topological polar surface area (TPSA) is 687 Å². The molecule has 8 aromatic carbocycles. The minimum absolute atomic E-state index is 0. The number of nitrogens with two attached hydrogens (primary N) is 2. The Kier molecular flexibility index (Phi) is 116. The Hall–Kier alpha value is -10.3. The van der Waals surface area contributed by atoms with Crippen molar-refractivity contribution in [3.63, 3.8) is 0 Å². The van der Waals surface area contributed by atoms with Crippen molar-refractivity contribution in [2.75, 3.05) is 39.4 Å². The van der Waals surface area contributed by atoms with Crippen LogP contribution in [0.5, 0.6) is 0 Å². The van der Waals surface area contributed by atoms with Crippen LogP contribution >= 0.6 is 0 Å². The number of benzene rings is 8. The molecule has 2 fully saturated rings. The number of ether oxygens (including phenoxy) is 4. The normalized spacial score (nSPS) is 13.3. The second-order valence-corrected chi connectivity index (χ2v) is 30.7. The number of hydrogen-bond donors (Lipinski definition) is 14. The number of carboxylic acid groups (broad SMARTS) is 12. The number of nitrogens with one attached hydrogen (secondary N) is 4. The summed E-state index contributed by atoms with van der Waals surface area (Å²) in [6.07, 6.45) is 12.7.